The van der Waals surface area contributed by atoms with Crippen LogP contribution in [0.3, 0.4) is 0 Å². The summed E-state index contributed by atoms with van der Waals surface area (Å²) in [7, 11) is 1.48. The van der Waals surface area contributed by atoms with Gasteiger partial charge in [0.05, 0.1) is 7.11 Å². The second-order valence-corrected chi connectivity index (χ2v) is 5.95. The first kappa shape index (κ1) is 17.8. The van der Waals surface area contributed by atoms with Gasteiger partial charge in [-0.25, -0.2) is 4.79 Å². The molecule has 0 amide bonds. The topological polar surface area (TPSA) is 57.5 Å². The van der Waals surface area contributed by atoms with Crippen LogP contribution in [-0.4, -0.2) is 30.0 Å². The Kier molecular flexibility index (Phi) is 5.44. The standard InChI is InChI=1S/C19H23NO4/c1-12(2)20-13(3)10-16(14(20)4)17(21)11-24-19(22)15-8-6-7-9-18(15)23-5/h6-10,12H,11H2,1-5H3. The first-order chi connectivity index (χ1) is 11.4. The summed E-state index contributed by atoms with van der Waals surface area (Å²) in [6.45, 7) is 7.71. The molecular formula is C19H23NO4. The van der Waals surface area contributed by atoms with Crippen molar-refractivity contribution >= 4 is 11.8 Å². The molecule has 2 rings (SSSR count). The summed E-state index contributed by atoms with van der Waals surface area (Å²) in [5.41, 5.74) is 2.80. The van der Waals surface area contributed by atoms with Gasteiger partial charge in [-0.1, -0.05) is 12.1 Å². The minimum absolute atomic E-state index is 0.210. The number of ether oxygens (including phenoxy) is 2. The van der Waals surface area contributed by atoms with Crippen LogP contribution < -0.4 is 4.74 Å². The monoisotopic (exact) mass is 329 g/mol. The Morgan fingerprint density at radius 3 is 2.38 bits per heavy atom. The molecule has 0 saturated carbocycles. The van der Waals surface area contributed by atoms with Gasteiger partial charge in [0.2, 0.25) is 5.78 Å². The molecule has 0 bridgehead atoms. The van der Waals surface area contributed by atoms with Gasteiger partial charge in [-0.05, 0) is 45.9 Å². The number of aromatic nitrogens is 1. The number of ketones is 1. The number of carbonyl (C=O) groups is 2. The normalized spacial score (nSPS) is 10.8. The Balaban J connectivity index is 2.11. The molecule has 5 nitrogen and oxygen atoms in total. The number of rotatable bonds is 6. The maximum atomic E-state index is 12.4. The van der Waals surface area contributed by atoms with E-state index in [4.69, 9.17) is 9.47 Å². The van der Waals surface area contributed by atoms with E-state index >= 15 is 0 Å². The number of aryl methyl sites for hydroxylation is 1. The van der Waals surface area contributed by atoms with Gasteiger partial charge in [0.25, 0.3) is 0 Å². The van der Waals surface area contributed by atoms with Crippen LogP contribution >= 0.6 is 0 Å². The Bertz CT molecular complexity index is 759. The zero-order valence-corrected chi connectivity index (χ0v) is 14.8. The van der Waals surface area contributed by atoms with Crippen molar-refractivity contribution in [3.63, 3.8) is 0 Å². The third kappa shape index (κ3) is 3.50. The van der Waals surface area contributed by atoms with Crippen LogP contribution in [0.15, 0.2) is 30.3 Å². The Morgan fingerprint density at radius 2 is 1.79 bits per heavy atom. The van der Waals surface area contributed by atoms with Crippen molar-refractivity contribution in [2.24, 2.45) is 0 Å². The van der Waals surface area contributed by atoms with Crippen LogP contribution in [0.1, 0.15) is 52.0 Å². The van der Waals surface area contributed by atoms with E-state index in [0.717, 1.165) is 11.4 Å². The smallest absolute Gasteiger partial charge is 0.342 e. The third-order valence-electron chi connectivity index (χ3n) is 3.96. The average Bonchev–Trinajstić information content (AvgIpc) is 2.86. The van der Waals surface area contributed by atoms with Crippen molar-refractivity contribution < 1.29 is 19.1 Å². The van der Waals surface area contributed by atoms with E-state index < -0.39 is 5.97 Å². The summed E-state index contributed by atoms with van der Waals surface area (Å²) >= 11 is 0. The third-order valence-corrected chi connectivity index (χ3v) is 3.96. The van der Waals surface area contributed by atoms with E-state index in [9.17, 15) is 9.59 Å². The van der Waals surface area contributed by atoms with Crippen LogP contribution in [0, 0.1) is 13.8 Å². The van der Waals surface area contributed by atoms with E-state index in [0.29, 0.717) is 16.9 Å². The van der Waals surface area contributed by atoms with Crippen molar-refractivity contribution in [3.05, 3.63) is 52.8 Å². The number of para-hydroxylation sites is 1. The predicted molar refractivity (Wildman–Crippen MR) is 91.9 cm³/mol. The van der Waals surface area contributed by atoms with Gasteiger partial charge in [0.1, 0.15) is 11.3 Å². The number of nitrogens with zero attached hydrogens (tertiary/aromatic N) is 1. The highest BCUT2D eigenvalue weighted by Crippen LogP contribution is 2.21. The molecule has 24 heavy (non-hydrogen) atoms. The maximum absolute atomic E-state index is 12.4. The van der Waals surface area contributed by atoms with Crippen LogP contribution in [-0.2, 0) is 4.74 Å². The lowest BCUT2D eigenvalue weighted by Gasteiger charge is -2.13. The number of hydrogen-bond donors (Lipinski definition) is 0. The van der Waals surface area contributed by atoms with E-state index in [1.54, 1.807) is 24.3 Å². The fraction of sp³-hybridized carbons (Fsp3) is 0.368. The van der Waals surface area contributed by atoms with Crippen LogP contribution in [0.25, 0.3) is 0 Å². The number of carbonyl (C=O) groups excluding carboxylic acids is 2. The van der Waals surface area contributed by atoms with Gasteiger partial charge < -0.3 is 14.0 Å². The minimum Gasteiger partial charge on any atom is -0.496 e. The van der Waals surface area contributed by atoms with E-state index in [2.05, 4.69) is 18.4 Å². The molecule has 0 aliphatic carbocycles. The maximum Gasteiger partial charge on any atom is 0.342 e. The summed E-state index contributed by atoms with van der Waals surface area (Å²) in [5, 5.41) is 0. The fourth-order valence-electron chi connectivity index (χ4n) is 2.95. The fourth-order valence-corrected chi connectivity index (χ4v) is 2.95. The van der Waals surface area contributed by atoms with Gasteiger partial charge in [-0.2, -0.15) is 0 Å². The summed E-state index contributed by atoms with van der Waals surface area (Å²) in [4.78, 5) is 24.6. The number of benzene rings is 1. The lowest BCUT2D eigenvalue weighted by Crippen LogP contribution is -2.16. The SMILES string of the molecule is COc1ccccc1C(=O)OCC(=O)c1cc(C)n(C(C)C)c1C. The first-order valence-electron chi connectivity index (χ1n) is 7.88. The van der Waals surface area contributed by atoms with E-state index in [1.165, 1.54) is 7.11 Å². The predicted octanol–water partition coefficient (Wildman–Crippen LogP) is 3.73. The van der Waals surface area contributed by atoms with Gasteiger partial charge >= 0.3 is 5.97 Å². The molecule has 0 spiro atoms. The largest absolute Gasteiger partial charge is 0.496 e. The van der Waals surface area contributed by atoms with Crippen LogP contribution in [0.5, 0.6) is 5.75 Å². The summed E-state index contributed by atoms with van der Waals surface area (Å²) < 4.78 is 12.4. The number of hydrogen-bond acceptors (Lipinski definition) is 4. The lowest BCUT2D eigenvalue weighted by molar-refractivity contribution is 0.0471. The Hall–Kier alpha value is -2.56. The highest BCUT2D eigenvalue weighted by atomic mass is 16.5. The molecule has 0 fully saturated rings. The first-order valence-corrected chi connectivity index (χ1v) is 7.88. The average molecular weight is 329 g/mol. The highest BCUT2D eigenvalue weighted by molar-refractivity contribution is 6.01. The number of esters is 1. The molecule has 0 radical (unpaired) electrons. The molecule has 5 heteroatoms. The van der Waals surface area contributed by atoms with Gasteiger partial charge in [0.15, 0.2) is 6.61 Å². The van der Waals surface area contributed by atoms with Crippen molar-refractivity contribution in [2.75, 3.05) is 13.7 Å². The summed E-state index contributed by atoms with van der Waals surface area (Å²) in [6, 6.07) is 8.88. The molecule has 0 atom stereocenters. The quantitative estimate of drug-likeness (QED) is 0.598. The lowest BCUT2D eigenvalue weighted by atomic mass is 10.1. The van der Waals surface area contributed by atoms with Gasteiger partial charge in [-0.15, -0.1) is 0 Å². The van der Waals surface area contributed by atoms with E-state index in [1.807, 2.05) is 19.9 Å². The second kappa shape index (κ2) is 7.34. The molecule has 128 valence electrons. The Morgan fingerprint density at radius 1 is 1.12 bits per heavy atom. The highest BCUT2D eigenvalue weighted by Gasteiger charge is 2.20. The molecule has 0 N–H and O–H groups in total. The van der Waals surface area contributed by atoms with E-state index in [-0.39, 0.29) is 18.4 Å². The van der Waals surface area contributed by atoms with Crippen LogP contribution in [0.2, 0.25) is 0 Å². The van der Waals surface area contributed by atoms with Gasteiger partial charge in [-0.3, -0.25) is 4.79 Å². The van der Waals surface area contributed by atoms with Crippen molar-refractivity contribution in [1.82, 2.24) is 4.57 Å². The minimum atomic E-state index is -0.571. The number of methoxy groups -OCH3 is 1. The number of Topliss-reactive ketones (excluding diaryl/α,β-unsaturated/α-hetero) is 1. The van der Waals surface area contributed by atoms with Crippen molar-refractivity contribution in [2.45, 2.75) is 33.7 Å². The molecule has 1 heterocycles. The molecule has 2 aromatic rings. The van der Waals surface area contributed by atoms with Gasteiger partial charge in [0, 0.05) is 23.0 Å². The summed E-state index contributed by atoms with van der Waals surface area (Å²) in [6.07, 6.45) is 0. The second-order valence-electron chi connectivity index (χ2n) is 5.95. The molecule has 0 saturated heterocycles. The zero-order valence-electron chi connectivity index (χ0n) is 14.8. The molecular weight excluding hydrogens is 306 g/mol. The van der Waals surface area contributed by atoms with Crippen molar-refractivity contribution in [3.8, 4) is 5.75 Å². The molecule has 1 aromatic carbocycles. The zero-order chi connectivity index (χ0) is 17.9. The molecule has 0 unspecified atom stereocenters. The van der Waals surface area contributed by atoms with Crippen molar-refractivity contribution in [1.29, 1.82) is 0 Å². The molecule has 0 aliphatic rings. The summed E-state index contributed by atoms with van der Waals surface area (Å²) in [5.74, 6) is -0.357. The molecule has 1 aromatic heterocycles. The van der Waals surface area contributed by atoms with Crippen LogP contribution in [0.4, 0.5) is 0 Å². The molecule has 0 aliphatic heterocycles. The Labute approximate surface area is 142 Å².